The van der Waals surface area contributed by atoms with Gasteiger partial charge in [0.05, 0.1) is 28.0 Å². The van der Waals surface area contributed by atoms with Crippen LogP contribution in [0.3, 0.4) is 0 Å². The van der Waals surface area contributed by atoms with Gasteiger partial charge in [0.15, 0.2) is 0 Å². The molecule has 0 aromatic heterocycles. The Morgan fingerprint density at radius 1 is 0.719 bits per heavy atom. The third-order valence-electron chi connectivity index (χ3n) is 4.14. The van der Waals surface area contributed by atoms with Crippen LogP contribution < -0.4 is 10.9 Å². The first-order chi connectivity index (χ1) is 15.4. The van der Waals surface area contributed by atoms with Crippen molar-refractivity contribution in [3.8, 4) is 0 Å². The Balaban J connectivity index is 1.51. The molecule has 0 atom stereocenters. The highest BCUT2D eigenvalue weighted by Crippen LogP contribution is 2.12. The summed E-state index contributed by atoms with van der Waals surface area (Å²) in [6.07, 6.45) is 2.89. The minimum Gasteiger partial charge on any atom is -0.279 e. The highest BCUT2D eigenvalue weighted by Gasteiger charge is 2.05. The maximum Gasteiger partial charge on any atom is 0.271 e. The van der Waals surface area contributed by atoms with Crippen LogP contribution in [-0.4, -0.2) is 28.2 Å². The van der Waals surface area contributed by atoms with Crippen molar-refractivity contribution < 1.29 is 14.6 Å². The molecule has 0 fully saturated rings. The first kappa shape index (κ1) is 21.8. The predicted molar refractivity (Wildman–Crippen MR) is 119 cm³/mol. The van der Waals surface area contributed by atoms with Gasteiger partial charge in [-0.2, -0.15) is 10.2 Å². The Labute approximate surface area is 181 Å². The smallest absolute Gasteiger partial charge is 0.271 e. The van der Waals surface area contributed by atoms with E-state index in [2.05, 4.69) is 21.1 Å². The van der Waals surface area contributed by atoms with Gasteiger partial charge in [0, 0.05) is 29.8 Å². The number of nitro benzene ring substituents is 2. The summed E-state index contributed by atoms with van der Waals surface area (Å²) in [5, 5.41) is 29.2. The van der Waals surface area contributed by atoms with Gasteiger partial charge in [-0.1, -0.05) is 0 Å². The summed E-state index contributed by atoms with van der Waals surface area (Å²) in [5.74, 6) is -0.427. The Kier molecular flexibility index (Phi) is 6.94. The SMILES string of the molecule is O=C(N/N=C/c1ccc([N+](=O)[O-])cc1)c1ccc(N/N=C/c2ccc([N+](=O)[O-])cc2)cc1. The Morgan fingerprint density at radius 2 is 1.19 bits per heavy atom. The average Bonchev–Trinajstić information content (AvgIpc) is 2.80. The number of carbonyl (C=O) groups is 1. The van der Waals surface area contributed by atoms with Gasteiger partial charge in [0.1, 0.15) is 0 Å². The first-order valence-electron chi connectivity index (χ1n) is 9.14. The van der Waals surface area contributed by atoms with Crippen molar-refractivity contribution in [2.45, 2.75) is 0 Å². The molecular formula is C21H16N6O5. The van der Waals surface area contributed by atoms with Gasteiger partial charge < -0.3 is 0 Å². The van der Waals surface area contributed by atoms with Crippen LogP contribution in [0.5, 0.6) is 0 Å². The van der Waals surface area contributed by atoms with Gasteiger partial charge in [0.25, 0.3) is 17.3 Å². The monoisotopic (exact) mass is 432 g/mol. The molecule has 1 amide bonds. The summed E-state index contributed by atoms with van der Waals surface area (Å²) in [5.41, 5.74) is 7.44. The molecule has 0 heterocycles. The van der Waals surface area contributed by atoms with E-state index in [1.807, 2.05) is 0 Å². The van der Waals surface area contributed by atoms with Crippen molar-refractivity contribution in [1.29, 1.82) is 0 Å². The molecule has 0 saturated carbocycles. The number of nitrogens with zero attached hydrogens (tertiary/aromatic N) is 4. The lowest BCUT2D eigenvalue weighted by Crippen LogP contribution is -2.17. The molecule has 2 N–H and O–H groups in total. The van der Waals surface area contributed by atoms with Crippen LogP contribution in [0.2, 0.25) is 0 Å². The maximum absolute atomic E-state index is 12.2. The summed E-state index contributed by atoms with van der Waals surface area (Å²) < 4.78 is 0. The van der Waals surface area contributed by atoms with E-state index in [1.54, 1.807) is 36.4 Å². The van der Waals surface area contributed by atoms with Gasteiger partial charge in [-0.3, -0.25) is 30.4 Å². The molecule has 0 aliphatic heterocycles. The Morgan fingerprint density at radius 3 is 1.66 bits per heavy atom. The molecule has 32 heavy (non-hydrogen) atoms. The lowest BCUT2D eigenvalue weighted by molar-refractivity contribution is -0.385. The summed E-state index contributed by atoms with van der Waals surface area (Å²) >= 11 is 0. The van der Waals surface area contributed by atoms with Crippen molar-refractivity contribution in [2.75, 3.05) is 5.43 Å². The van der Waals surface area contributed by atoms with Gasteiger partial charge >= 0.3 is 0 Å². The number of carbonyl (C=O) groups excluding carboxylic acids is 1. The number of nitro groups is 2. The van der Waals surface area contributed by atoms with Crippen molar-refractivity contribution in [2.24, 2.45) is 10.2 Å². The van der Waals surface area contributed by atoms with E-state index in [1.165, 1.54) is 48.8 Å². The third-order valence-corrected chi connectivity index (χ3v) is 4.14. The quantitative estimate of drug-likeness (QED) is 0.314. The zero-order valence-corrected chi connectivity index (χ0v) is 16.4. The lowest BCUT2D eigenvalue weighted by Gasteiger charge is -2.03. The standard InChI is InChI=1S/C21H16N6O5/c28-21(25-23-14-16-3-11-20(12-4-16)27(31)32)17-5-7-18(8-6-17)24-22-13-15-1-9-19(10-2-15)26(29)30/h1-14,24H,(H,25,28)/b22-13+,23-14+. The van der Waals surface area contributed by atoms with Crippen molar-refractivity contribution in [3.05, 3.63) is 110 Å². The van der Waals surface area contributed by atoms with Crippen molar-refractivity contribution in [3.63, 3.8) is 0 Å². The molecule has 0 unspecified atom stereocenters. The second-order valence-corrected chi connectivity index (χ2v) is 6.34. The van der Waals surface area contributed by atoms with Crippen LogP contribution in [0.4, 0.5) is 17.1 Å². The number of amides is 1. The zero-order valence-electron chi connectivity index (χ0n) is 16.4. The normalized spacial score (nSPS) is 10.9. The number of hydrazone groups is 2. The average molecular weight is 432 g/mol. The van der Waals surface area contributed by atoms with E-state index < -0.39 is 15.8 Å². The largest absolute Gasteiger partial charge is 0.279 e. The summed E-state index contributed by atoms with van der Waals surface area (Å²) in [6.45, 7) is 0. The van der Waals surface area contributed by atoms with Crippen LogP contribution in [-0.2, 0) is 0 Å². The minimum atomic E-state index is -0.498. The molecule has 160 valence electrons. The topological polar surface area (TPSA) is 152 Å². The fourth-order valence-electron chi connectivity index (χ4n) is 2.47. The van der Waals surface area contributed by atoms with Crippen LogP contribution >= 0.6 is 0 Å². The zero-order chi connectivity index (χ0) is 22.9. The molecule has 3 aromatic carbocycles. The van der Waals surface area contributed by atoms with Gasteiger partial charge in [-0.15, -0.1) is 0 Å². The van der Waals surface area contributed by atoms with Crippen LogP contribution in [0.1, 0.15) is 21.5 Å². The van der Waals surface area contributed by atoms with Crippen molar-refractivity contribution >= 4 is 35.4 Å². The Bertz CT molecular complexity index is 1170. The number of rotatable bonds is 8. The molecule has 11 nitrogen and oxygen atoms in total. The highest BCUT2D eigenvalue weighted by molar-refractivity contribution is 5.95. The van der Waals surface area contributed by atoms with Gasteiger partial charge in [0.2, 0.25) is 0 Å². The molecule has 0 aliphatic rings. The predicted octanol–water partition coefficient (Wildman–Crippen LogP) is 3.71. The number of anilines is 1. The molecule has 0 aliphatic carbocycles. The molecule has 0 radical (unpaired) electrons. The van der Waals surface area contributed by atoms with Crippen LogP contribution in [0.15, 0.2) is 83.0 Å². The number of nitrogens with one attached hydrogen (secondary N) is 2. The number of hydrogen-bond donors (Lipinski definition) is 2. The minimum absolute atomic E-state index is 0.000975. The second kappa shape index (κ2) is 10.2. The van der Waals surface area contributed by atoms with Crippen molar-refractivity contribution in [1.82, 2.24) is 5.43 Å². The van der Waals surface area contributed by atoms with E-state index in [9.17, 15) is 25.0 Å². The molecule has 11 heteroatoms. The third kappa shape index (κ3) is 6.03. The summed E-state index contributed by atoms with van der Waals surface area (Å²) in [4.78, 5) is 32.5. The molecular weight excluding hydrogens is 416 g/mol. The van der Waals surface area contributed by atoms with E-state index in [-0.39, 0.29) is 11.4 Å². The lowest BCUT2D eigenvalue weighted by atomic mass is 10.2. The number of hydrogen-bond acceptors (Lipinski definition) is 8. The molecule has 0 saturated heterocycles. The molecule has 3 rings (SSSR count). The number of non-ortho nitro benzene ring substituents is 2. The fourth-order valence-corrected chi connectivity index (χ4v) is 2.47. The fraction of sp³-hybridized carbons (Fsp3) is 0. The maximum atomic E-state index is 12.2. The van der Waals surface area contributed by atoms with Crippen LogP contribution in [0, 0.1) is 20.2 Å². The van der Waals surface area contributed by atoms with Gasteiger partial charge in [-0.25, -0.2) is 5.43 Å². The molecule has 0 spiro atoms. The molecule has 3 aromatic rings. The van der Waals surface area contributed by atoms with Gasteiger partial charge in [-0.05, 0) is 59.7 Å². The Hall–Kier alpha value is -4.93. The van der Waals surface area contributed by atoms with Crippen LogP contribution in [0.25, 0.3) is 0 Å². The number of benzene rings is 3. The van der Waals surface area contributed by atoms with E-state index in [4.69, 9.17) is 0 Å². The first-order valence-corrected chi connectivity index (χ1v) is 9.14. The molecule has 0 bridgehead atoms. The van der Waals surface area contributed by atoms with E-state index in [0.29, 0.717) is 22.4 Å². The van der Waals surface area contributed by atoms with E-state index >= 15 is 0 Å². The summed E-state index contributed by atoms with van der Waals surface area (Å²) in [6, 6.07) is 18.1. The highest BCUT2D eigenvalue weighted by atomic mass is 16.6. The second-order valence-electron chi connectivity index (χ2n) is 6.34. The summed E-state index contributed by atoms with van der Waals surface area (Å²) in [7, 11) is 0. The van der Waals surface area contributed by atoms with E-state index in [0.717, 1.165) is 0 Å².